The summed E-state index contributed by atoms with van der Waals surface area (Å²) in [5.41, 5.74) is 4.67. The van der Waals surface area contributed by atoms with Crippen LogP contribution in [-0.2, 0) is 5.41 Å². The zero-order valence-corrected chi connectivity index (χ0v) is 22.6. The molecule has 0 spiro atoms. The number of amides is 3. The number of aromatic nitrogens is 3. The van der Waals surface area contributed by atoms with Crippen LogP contribution in [0.25, 0.3) is 5.69 Å². The minimum atomic E-state index is -0.360. The van der Waals surface area contributed by atoms with E-state index in [0.717, 1.165) is 22.5 Å². The van der Waals surface area contributed by atoms with Crippen LogP contribution in [0.2, 0.25) is 0 Å². The van der Waals surface area contributed by atoms with Crippen molar-refractivity contribution in [3.8, 4) is 11.4 Å². The van der Waals surface area contributed by atoms with Gasteiger partial charge in [0, 0.05) is 42.9 Å². The van der Waals surface area contributed by atoms with Crippen LogP contribution in [0.4, 0.5) is 10.6 Å². The molecule has 1 atom stereocenters. The summed E-state index contributed by atoms with van der Waals surface area (Å²) in [7, 11) is 1.56. The first-order chi connectivity index (χ1) is 18.0. The van der Waals surface area contributed by atoms with E-state index < -0.39 is 0 Å². The van der Waals surface area contributed by atoms with Crippen LogP contribution in [0, 0.1) is 6.92 Å². The molecule has 0 saturated carbocycles. The van der Waals surface area contributed by atoms with Gasteiger partial charge < -0.3 is 15.4 Å². The Kier molecular flexibility index (Phi) is 7.66. The molecule has 38 heavy (non-hydrogen) atoms. The number of hydrogen-bond acceptors (Lipinski definition) is 5. The number of ether oxygens (including phenoxy) is 1. The molecule has 1 unspecified atom stereocenters. The highest BCUT2D eigenvalue weighted by molar-refractivity contribution is 5.92. The molecule has 4 rings (SSSR count). The normalized spacial score (nSPS) is 15.3. The van der Waals surface area contributed by atoms with Crippen molar-refractivity contribution in [1.29, 1.82) is 0 Å². The third kappa shape index (κ3) is 6.29. The van der Waals surface area contributed by atoms with Gasteiger partial charge in [-0.2, -0.15) is 5.10 Å². The van der Waals surface area contributed by atoms with Crippen LogP contribution >= 0.6 is 0 Å². The molecule has 0 saturated heterocycles. The zero-order valence-electron chi connectivity index (χ0n) is 22.6. The molecule has 9 nitrogen and oxygen atoms in total. The highest BCUT2D eigenvalue weighted by Crippen LogP contribution is 2.27. The average Bonchev–Trinajstić information content (AvgIpc) is 3.30. The van der Waals surface area contributed by atoms with Crippen LogP contribution in [0.15, 0.2) is 72.1 Å². The monoisotopic (exact) mass is 514 g/mol. The first-order valence-corrected chi connectivity index (χ1v) is 12.5. The largest absolute Gasteiger partial charge is 0.486 e. The molecule has 1 aliphatic rings. The molecule has 1 aliphatic carbocycles. The van der Waals surface area contributed by atoms with E-state index in [1.54, 1.807) is 30.1 Å². The lowest BCUT2D eigenvalue weighted by atomic mass is 9.92. The third-order valence-corrected chi connectivity index (χ3v) is 6.17. The summed E-state index contributed by atoms with van der Waals surface area (Å²) in [6, 6.07) is 12.9. The molecular formula is C29H34N6O3. The van der Waals surface area contributed by atoms with Crippen LogP contribution in [-0.4, -0.2) is 39.9 Å². The molecule has 198 valence electrons. The molecule has 3 aromatic rings. The Bertz CT molecular complexity index is 1400. The average molecular weight is 515 g/mol. The number of rotatable bonds is 6. The number of allylic oxidation sites excluding steroid dienone is 1. The van der Waals surface area contributed by atoms with Gasteiger partial charge in [-0.15, -0.1) is 0 Å². The molecule has 2 aromatic heterocycles. The number of aryl methyl sites for hydroxylation is 1. The van der Waals surface area contributed by atoms with Crippen molar-refractivity contribution in [2.24, 2.45) is 0 Å². The molecule has 9 heteroatoms. The Labute approximate surface area is 223 Å². The van der Waals surface area contributed by atoms with Crippen LogP contribution < -0.4 is 20.7 Å². The summed E-state index contributed by atoms with van der Waals surface area (Å²) >= 11 is 0. The topological polar surface area (TPSA) is 110 Å². The van der Waals surface area contributed by atoms with Gasteiger partial charge in [-0.05, 0) is 49.8 Å². The molecule has 0 bridgehead atoms. The van der Waals surface area contributed by atoms with Crippen LogP contribution in [0.3, 0.4) is 0 Å². The van der Waals surface area contributed by atoms with Gasteiger partial charge in [0.1, 0.15) is 23.4 Å². The van der Waals surface area contributed by atoms with Crippen molar-refractivity contribution in [1.82, 2.24) is 25.4 Å². The van der Waals surface area contributed by atoms with E-state index in [1.807, 2.05) is 56.3 Å². The number of urea groups is 1. The third-order valence-electron chi connectivity index (χ3n) is 6.17. The van der Waals surface area contributed by atoms with E-state index in [2.05, 4.69) is 41.7 Å². The molecule has 0 radical (unpaired) electrons. The number of carbonyl (C=O) groups excluding carboxylic acids is 2. The molecule has 3 N–H and O–H groups in total. The van der Waals surface area contributed by atoms with Gasteiger partial charge in [-0.1, -0.05) is 38.5 Å². The SMILES string of the molecule is CNC(=O)c1cc(OC2C=CC(NC(=O)Nc3cc(C(C)(C)C)nn3-c3ccc(C)cc3)=C(C)C2)ccn1. The molecule has 0 fully saturated rings. The van der Waals surface area contributed by atoms with E-state index in [4.69, 9.17) is 9.84 Å². The van der Waals surface area contributed by atoms with Gasteiger partial charge in [0.2, 0.25) is 0 Å². The molecular weight excluding hydrogens is 480 g/mol. The van der Waals surface area contributed by atoms with Gasteiger partial charge in [0.15, 0.2) is 0 Å². The summed E-state index contributed by atoms with van der Waals surface area (Å²) in [4.78, 5) is 28.9. The summed E-state index contributed by atoms with van der Waals surface area (Å²) in [6.45, 7) is 10.2. The van der Waals surface area contributed by atoms with Gasteiger partial charge in [0.05, 0.1) is 11.4 Å². The van der Waals surface area contributed by atoms with Crippen molar-refractivity contribution in [2.45, 2.75) is 52.6 Å². The first-order valence-electron chi connectivity index (χ1n) is 12.5. The summed E-state index contributed by atoms with van der Waals surface area (Å²) in [6.07, 6.45) is 5.61. The maximum atomic E-state index is 13.0. The minimum Gasteiger partial charge on any atom is -0.486 e. The Morgan fingerprint density at radius 1 is 1.05 bits per heavy atom. The maximum absolute atomic E-state index is 13.0. The number of carbonyl (C=O) groups is 2. The Morgan fingerprint density at radius 3 is 2.45 bits per heavy atom. The lowest BCUT2D eigenvalue weighted by Crippen LogP contribution is -2.31. The smallest absolute Gasteiger partial charge is 0.324 e. The second-order valence-corrected chi connectivity index (χ2v) is 10.4. The van der Waals surface area contributed by atoms with Crippen molar-refractivity contribution in [3.63, 3.8) is 0 Å². The lowest BCUT2D eigenvalue weighted by Gasteiger charge is -2.22. The van der Waals surface area contributed by atoms with Gasteiger partial charge in [-0.25, -0.2) is 9.48 Å². The Morgan fingerprint density at radius 2 is 1.79 bits per heavy atom. The number of anilines is 1. The number of nitrogens with zero attached hydrogens (tertiary/aromatic N) is 3. The second-order valence-electron chi connectivity index (χ2n) is 10.4. The molecule has 1 aromatic carbocycles. The van der Waals surface area contributed by atoms with E-state index in [0.29, 0.717) is 23.7 Å². The number of nitrogens with one attached hydrogen (secondary N) is 3. The molecule has 3 amide bonds. The van der Waals surface area contributed by atoms with Crippen molar-refractivity contribution >= 4 is 17.8 Å². The fourth-order valence-electron chi connectivity index (χ4n) is 3.96. The quantitative estimate of drug-likeness (QED) is 0.427. The van der Waals surface area contributed by atoms with Crippen molar-refractivity contribution < 1.29 is 14.3 Å². The predicted octanol–water partition coefficient (Wildman–Crippen LogP) is 5.04. The number of benzene rings is 1. The summed E-state index contributed by atoms with van der Waals surface area (Å²) < 4.78 is 7.79. The summed E-state index contributed by atoms with van der Waals surface area (Å²) in [5, 5.41) is 13.2. The maximum Gasteiger partial charge on any atom is 0.324 e. The minimum absolute atomic E-state index is 0.182. The highest BCUT2D eigenvalue weighted by Gasteiger charge is 2.22. The number of pyridine rings is 1. The van der Waals surface area contributed by atoms with Crippen LogP contribution in [0.1, 0.15) is 55.9 Å². The van der Waals surface area contributed by atoms with Gasteiger partial charge >= 0.3 is 6.03 Å². The Hall–Kier alpha value is -4.40. The van der Waals surface area contributed by atoms with E-state index in [9.17, 15) is 9.59 Å². The highest BCUT2D eigenvalue weighted by atomic mass is 16.5. The second kappa shape index (κ2) is 10.9. The van der Waals surface area contributed by atoms with E-state index in [1.165, 1.54) is 0 Å². The van der Waals surface area contributed by atoms with Gasteiger partial charge in [0.25, 0.3) is 5.91 Å². The van der Waals surface area contributed by atoms with Gasteiger partial charge in [-0.3, -0.25) is 15.1 Å². The standard InChI is InChI=1S/C29H34N6O3/c1-18-7-9-20(10-8-18)35-26(17-25(34-35)29(3,4)5)33-28(37)32-23-12-11-21(15-19(23)2)38-22-13-14-31-24(16-22)27(36)30-6/h7-14,16-17,21H,15H2,1-6H3,(H,30,36)(H2,32,33,37). The van der Waals surface area contributed by atoms with Crippen molar-refractivity contribution in [3.05, 3.63) is 89.0 Å². The van der Waals surface area contributed by atoms with E-state index >= 15 is 0 Å². The summed E-state index contributed by atoms with van der Waals surface area (Å²) in [5.74, 6) is 0.857. The zero-order chi connectivity index (χ0) is 27.4. The molecule has 2 heterocycles. The lowest BCUT2D eigenvalue weighted by molar-refractivity contribution is 0.0957. The molecule has 0 aliphatic heterocycles. The fourth-order valence-corrected chi connectivity index (χ4v) is 3.96. The first kappa shape index (κ1) is 26.7. The van der Waals surface area contributed by atoms with Crippen LogP contribution in [0.5, 0.6) is 5.75 Å². The number of hydrogen-bond donors (Lipinski definition) is 3. The predicted molar refractivity (Wildman–Crippen MR) is 148 cm³/mol. The van der Waals surface area contributed by atoms with Crippen molar-refractivity contribution in [2.75, 3.05) is 12.4 Å². The fraction of sp³-hybridized carbons (Fsp3) is 0.310. The Balaban J connectivity index is 1.45. The van der Waals surface area contributed by atoms with E-state index in [-0.39, 0.29) is 29.2 Å².